The molecule has 0 aliphatic carbocycles. The number of nitrogens with one attached hydrogen (secondary N) is 1. The molecule has 4 nitrogen and oxygen atoms in total. The Morgan fingerprint density at radius 3 is 2.52 bits per heavy atom. The standard InChI is InChI=1S/C21H10BrClF4N2O2/c1-8-11(21-29-18-14(26)5-3-12(22)19(18)31-21)6-9(24)7-15(8)28-20(30)10-2-4-13(25)17(27)16(10)23/h2-7H,1H3,(H,28,30). The Labute approximate surface area is 186 Å². The maximum absolute atomic E-state index is 14.3. The molecule has 4 rings (SSSR count). The van der Waals surface area contributed by atoms with Crippen LogP contribution in [0.3, 0.4) is 0 Å². The molecule has 1 N–H and O–H groups in total. The van der Waals surface area contributed by atoms with Gasteiger partial charge >= 0.3 is 0 Å². The first kappa shape index (κ1) is 21.3. The molecule has 10 heteroatoms. The molecule has 3 aromatic carbocycles. The van der Waals surface area contributed by atoms with Crippen molar-refractivity contribution in [2.75, 3.05) is 5.32 Å². The third-order valence-electron chi connectivity index (χ3n) is 4.58. The van der Waals surface area contributed by atoms with Gasteiger partial charge in [0.25, 0.3) is 5.91 Å². The molecule has 1 heterocycles. The average molecular weight is 514 g/mol. The fourth-order valence-corrected chi connectivity index (χ4v) is 3.62. The van der Waals surface area contributed by atoms with E-state index in [9.17, 15) is 22.4 Å². The highest BCUT2D eigenvalue weighted by molar-refractivity contribution is 9.10. The van der Waals surface area contributed by atoms with E-state index in [1.807, 2.05) is 0 Å². The highest BCUT2D eigenvalue weighted by atomic mass is 79.9. The third-order valence-corrected chi connectivity index (χ3v) is 5.57. The first-order valence-corrected chi connectivity index (χ1v) is 9.84. The number of benzene rings is 3. The first-order chi connectivity index (χ1) is 14.7. The lowest BCUT2D eigenvalue weighted by Gasteiger charge is -2.12. The number of oxazole rings is 1. The number of carbonyl (C=O) groups excluding carboxylic acids is 1. The van der Waals surface area contributed by atoms with E-state index in [4.69, 9.17) is 16.0 Å². The molecule has 0 saturated carbocycles. The van der Waals surface area contributed by atoms with Crippen LogP contribution in [-0.2, 0) is 0 Å². The Kier molecular flexibility index (Phi) is 5.49. The van der Waals surface area contributed by atoms with Gasteiger partial charge in [-0.05, 0) is 64.8 Å². The summed E-state index contributed by atoms with van der Waals surface area (Å²) in [6.45, 7) is 1.55. The van der Waals surface area contributed by atoms with Gasteiger partial charge in [0, 0.05) is 11.3 Å². The zero-order valence-corrected chi connectivity index (χ0v) is 17.8. The SMILES string of the molecule is Cc1c(NC(=O)c2ccc(F)c(F)c2Cl)cc(F)cc1-c1nc2c(F)ccc(Br)c2o1. The van der Waals surface area contributed by atoms with Crippen LogP contribution in [0.5, 0.6) is 0 Å². The molecule has 0 radical (unpaired) electrons. The summed E-state index contributed by atoms with van der Waals surface area (Å²) in [5.41, 5.74) is 0.275. The van der Waals surface area contributed by atoms with Crippen LogP contribution in [0.25, 0.3) is 22.6 Å². The van der Waals surface area contributed by atoms with Crippen LogP contribution in [0.4, 0.5) is 23.2 Å². The van der Waals surface area contributed by atoms with Gasteiger partial charge in [0.2, 0.25) is 5.89 Å². The second-order valence-electron chi connectivity index (χ2n) is 6.53. The van der Waals surface area contributed by atoms with Crippen LogP contribution in [0.1, 0.15) is 15.9 Å². The van der Waals surface area contributed by atoms with E-state index >= 15 is 0 Å². The minimum Gasteiger partial charge on any atom is -0.435 e. The summed E-state index contributed by atoms with van der Waals surface area (Å²) in [6, 6.07) is 6.56. The van der Waals surface area contributed by atoms with E-state index < -0.39 is 34.2 Å². The predicted octanol–water partition coefficient (Wildman–Crippen LogP) is 7.03. The summed E-state index contributed by atoms with van der Waals surface area (Å²) in [7, 11) is 0. The van der Waals surface area contributed by atoms with Crippen LogP contribution in [-0.4, -0.2) is 10.9 Å². The summed E-state index contributed by atoms with van der Waals surface area (Å²) >= 11 is 8.96. The number of nitrogens with zero attached hydrogens (tertiary/aromatic N) is 1. The Morgan fingerprint density at radius 1 is 1.10 bits per heavy atom. The number of hydrogen-bond donors (Lipinski definition) is 1. The van der Waals surface area contributed by atoms with Crippen molar-refractivity contribution in [2.45, 2.75) is 6.92 Å². The van der Waals surface area contributed by atoms with Crippen LogP contribution in [0.2, 0.25) is 5.02 Å². The number of halogens is 6. The summed E-state index contributed by atoms with van der Waals surface area (Å²) in [5.74, 6) is -4.89. The van der Waals surface area contributed by atoms with Crippen molar-refractivity contribution in [2.24, 2.45) is 0 Å². The van der Waals surface area contributed by atoms with Gasteiger partial charge in [-0.3, -0.25) is 4.79 Å². The third kappa shape index (κ3) is 3.79. The summed E-state index contributed by atoms with van der Waals surface area (Å²) in [5, 5.41) is 1.71. The lowest BCUT2D eigenvalue weighted by Crippen LogP contribution is -2.14. The van der Waals surface area contributed by atoms with Gasteiger partial charge in [-0.1, -0.05) is 11.6 Å². The molecule has 0 spiro atoms. The van der Waals surface area contributed by atoms with E-state index in [1.165, 1.54) is 12.1 Å². The number of hydrogen-bond acceptors (Lipinski definition) is 3. The van der Waals surface area contributed by atoms with E-state index in [-0.39, 0.29) is 33.8 Å². The zero-order valence-electron chi connectivity index (χ0n) is 15.5. The molecule has 0 atom stereocenters. The Balaban J connectivity index is 1.77. The highest BCUT2D eigenvalue weighted by Crippen LogP contribution is 2.35. The lowest BCUT2D eigenvalue weighted by atomic mass is 10.1. The van der Waals surface area contributed by atoms with E-state index in [0.717, 1.165) is 24.3 Å². The fourth-order valence-electron chi connectivity index (χ4n) is 2.98. The number of fused-ring (bicyclic) bond motifs is 1. The first-order valence-electron chi connectivity index (χ1n) is 8.67. The van der Waals surface area contributed by atoms with Gasteiger partial charge in [-0.25, -0.2) is 22.5 Å². The minimum atomic E-state index is -1.37. The number of anilines is 1. The maximum atomic E-state index is 14.3. The predicted molar refractivity (Wildman–Crippen MR) is 111 cm³/mol. The van der Waals surface area contributed by atoms with Gasteiger partial charge in [-0.2, -0.15) is 0 Å². The molecule has 0 fully saturated rings. The molecule has 0 aliphatic rings. The topological polar surface area (TPSA) is 55.1 Å². The molecule has 0 saturated heterocycles. The van der Waals surface area contributed by atoms with Crippen molar-refractivity contribution < 1.29 is 26.8 Å². The average Bonchev–Trinajstić information content (AvgIpc) is 3.18. The molecule has 0 unspecified atom stereocenters. The minimum absolute atomic E-state index is 0.0163. The van der Waals surface area contributed by atoms with Gasteiger partial charge in [0.05, 0.1) is 15.1 Å². The smallest absolute Gasteiger partial charge is 0.257 e. The molecular formula is C21H10BrClF4N2O2. The highest BCUT2D eigenvalue weighted by Gasteiger charge is 2.21. The quantitative estimate of drug-likeness (QED) is 0.236. The number of aromatic nitrogens is 1. The van der Waals surface area contributed by atoms with Crippen LogP contribution >= 0.6 is 27.5 Å². The lowest BCUT2D eigenvalue weighted by molar-refractivity contribution is 0.102. The summed E-state index contributed by atoms with van der Waals surface area (Å²) in [6.07, 6.45) is 0. The second-order valence-corrected chi connectivity index (χ2v) is 7.76. The zero-order chi connectivity index (χ0) is 22.4. The van der Waals surface area contributed by atoms with Crippen molar-refractivity contribution >= 4 is 50.2 Å². The molecular weight excluding hydrogens is 504 g/mol. The molecule has 0 bridgehead atoms. The Bertz CT molecular complexity index is 1330. The van der Waals surface area contributed by atoms with Crippen molar-refractivity contribution in [3.63, 3.8) is 0 Å². The monoisotopic (exact) mass is 512 g/mol. The van der Waals surface area contributed by atoms with Gasteiger partial charge in [0.15, 0.2) is 23.0 Å². The van der Waals surface area contributed by atoms with Crippen molar-refractivity contribution in [3.05, 3.63) is 80.3 Å². The van der Waals surface area contributed by atoms with Crippen molar-refractivity contribution in [1.82, 2.24) is 4.98 Å². The van der Waals surface area contributed by atoms with Gasteiger partial charge in [-0.15, -0.1) is 0 Å². The second kappa shape index (κ2) is 7.97. The van der Waals surface area contributed by atoms with Crippen LogP contribution in [0, 0.1) is 30.2 Å². The number of carbonyl (C=O) groups is 1. The van der Waals surface area contributed by atoms with Crippen LogP contribution < -0.4 is 5.32 Å². The summed E-state index contributed by atoms with van der Waals surface area (Å²) < 4.78 is 61.4. The molecule has 158 valence electrons. The normalized spacial score (nSPS) is 11.2. The Hall–Kier alpha value is -2.91. The molecule has 4 aromatic rings. The van der Waals surface area contributed by atoms with Crippen molar-refractivity contribution in [3.8, 4) is 11.5 Å². The molecule has 0 aliphatic heterocycles. The van der Waals surface area contributed by atoms with Gasteiger partial charge < -0.3 is 9.73 Å². The van der Waals surface area contributed by atoms with Crippen LogP contribution in [0.15, 0.2) is 45.3 Å². The molecule has 1 aromatic heterocycles. The van der Waals surface area contributed by atoms with Crippen molar-refractivity contribution in [1.29, 1.82) is 0 Å². The van der Waals surface area contributed by atoms with Gasteiger partial charge in [0.1, 0.15) is 11.3 Å². The largest absolute Gasteiger partial charge is 0.435 e. The molecule has 31 heavy (non-hydrogen) atoms. The van der Waals surface area contributed by atoms with E-state index in [2.05, 4.69) is 26.2 Å². The maximum Gasteiger partial charge on any atom is 0.257 e. The van der Waals surface area contributed by atoms with E-state index in [1.54, 1.807) is 6.92 Å². The molecule has 1 amide bonds. The van der Waals surface area contributed by atoms with E-state index in [0.29, 0.717) is 10.0 Å². The summed E-state index contributed by atoms with van der Waals surface area (Å²) in [4.78, 5) is 16.6. The number of amides is 1. The Morgan fingerprint density at radius 2 is 1.81 bits per heavy atom. The number of rotatable bonds is 3. The fraction of sp³-hybridized carbons (Fsp3) is 0.0476.